The molecule has 0 atom stereocenters. The Labute approximate surface area is 223 Å². The van der Waals surface area contributed by atoms with E-state index in [0.29, 0.717) is 5.75 Å². The van der Waals surface area contributed by atoms with Gasteiger partial charge in [0.1, 0.15) is 19.0 Å². The number of hydrogen-bond donors (Lipinski definition) is 1. The van der Waals surface area contributed by atoms with Crippen LogP contribution in [-0.2, 0) is 29.0 Å². The summed E-state index contributed by atoms with van der Waals surface area (Å²) in [6.07, 6.45) is 14.3. The Balaban J connectivity index is 1.29. The molecule has 4 nitrogen and oxygen atoms in total. The maximum absolute atomic E-state index is 11.5. The van der Waals surface area contributed by atoms with Crippen molar-refractivity contribution in [3.05, 3.63) is 77.4 Å². The molecule has 0 radical (unpaired) electrons. The van der Waals surface area contributed by atoms with E-state index in [0.717, 1.165) is 48.2 Å². The first-order valence-electron chi connectivity index (χ1n) is 14.3. The van der Waals surface area contributed by atoms with Crippen molar-refractivity contribution in [1.82, 2.24) is 0 Å². The number of benzene rings is 2. The van der Waals surface area contributed by atoms with Gasteiger partial charge in [0, 0.05) is 11.6 Å². The van der Waals surface area contributed by atoms with Gasteiger partial charge in [-0.3, -0.25) is 0 Å². The van der Waals surface area contributed by atoms with Crippen LogP contribution < -0.4 is 4.74 Å². The van der Waals surface area contributed by atoms with Crippen molar-refractivity contribution in [3.63, 3.8) is 0 Å². The number of hydrogen-bond acceptors (Lipinski definition) is 4. The maximum Gasteiger partial charge on any atom is 0.330 e. The minimum absolute atomic E-state index is 0.0646. The second-order valence-corrected chi connectivity index (χ2v) is 11.2. The fourth-order valence-electron chi connectivity index (χ4n) is 6.33. The van der Waals surface area contributed by atoms with Gasteiger partial charge in [0.05, 0.1) is 6.61 Å². The van der Waals surface area contributed by atoms with Gasteiger partial charge >= 0.3 is 5.97 Å². The van der Waals surface area contributed by atoms with Gasteiger partial charge in [-0.15, -0.1) is 0 Å². The lowest BCUT2D eigenvalue weighted by Crippen LogP contribution is -2.24. The van der Waals surface area contributed by atoms with E-state index >= 15 is 0 Å². The van der Waals surface area contributed by atoms with Gasteiger partial charge < -0.3 is 14.6 Å². The molecule has 0 heterocycles. The van der Waals surface area contributed by atoms with E-state index in [2.05, 4.69) is 37.8 Å². The second kappa shape index (κ2) is 13.8. The Morgan fingerprint density at radius 1 is 0.919 bits per heavy atom. The zero-order chi connectivity index (χ0) is 26.0. The fraction of sp³-hybridized carbons (Fsp3) is 0.545. The van der Waals surface area contributed by atoms with E-state index in [-0.39, 0.29) is 19.8 Å². The Kier molecular flexibility index (Phi) is 10.2. The number of aryl methyl sites for hydroxylation is 2. The van der Waals surface area contributed by atoms with Crippen molar-refractivity contribution in [3.8, 4) is 5.75 Å². The molecular formula is C33H44O4. The van der Waals surface area contributed by atoms with E-state index in [1.54, 1.807) is 0 Å². The van der Waals surface area contributed by atoms with Crippen LogP contribution in [0.25, 0.3) is 0 Å². The van der Waals surface area contributed by atoms with E-state index in [1.807, 2.05) is 18.2 Å². The summed E-state index contributed by atoms with van der Waals surface area (Å²) in [4.78, 5) is 11.5. The highest BCUT2D eigenvalue weighted by atomic mass is 16.5. The monoisotopic (exact) mass is 504 g/mol. The van der Waals surface area contributed by atoms with Crippen LogP contribution in [0.4, 0.5) is 0 Å². The fourth-order valence-corrected chi connectivity index (χ4v) is 6.33. The van der Waals surface area contributed by atoms with Crippen molar-refractivity contribution in [2.45, 2.75) is 83.7 Å². The smallest absolute Gasteiger partial charge is 0.330 e. The predicted molar refractivity (Wildman–Crippen MR) is 149 cm³/mol. The van der Waals surface area contributed by atoms with Crippen LogP contribution in [0.15, 0.2) is 55.1 Å². The number of aliphatic hydroxyl groups is 1. The lowest BCUT2D eigenvalue weighted by Gasteiger charge is -2.37. The molecule has 2 fully saturated rings. The van der Waals surface area contributed by atoms with Crippen molar-refractivity contribution in [1.29, 1.82) is 0 Å². The molecule has 2 aliphatic carbocycles. The Hall–Kier alpha value is -2.59. The minimum atomic E-state index is -0.462. The lowest BCUT2D eigenvalue weighted by molar-refractivity contribution is -0.139. The van der Waals surface area contributed by atoms with Crippen LogP contribution >= 0.6 is 0 Å². The zero-order valence-electron chi connectivity index (χ0n) is 22.5. The molecular weight excluding hydrogens is 460 g/mol. The van der Waals surface area contributed by atoms with Gasteiger partial charge in [-0.1, -0.05) is 56.7 Å². The molecule has 4 heteroatoms. The molecule has 2 aromatic rings. The van der Waals surface area contributed by atoms with Gasteiger partial charge in [0.25, 0.3) is 0 Å². The summed E-state index contributed by atoms with van der Waals surface area (Å²) in [5.41, 5.74) is 4.82. The summed E-state index contributed by atoms with van der Waals surface area (Å²) in [5, 5.41) is 9.09. The summed E-state index contributed by atoms with van der Waals surface area (Å²) in [5.74, 6) is 3.79. The van der Waals surface area contributed by atoms with Crippen LogP contribution in [0.5, 0.6) is 5.75 Å². The molecule has 4 rings (SSSR count). The van der Waals surface area contributed by atoms with Gasteiger partial charge in [0.2, 0.25) is 0 Å². The number of ether oxygens (including phenoxy) is 2. The van der Waals surface area contributed by atoms with Crippen LogP contribution in [0.3, 0.4) is 0 Å². The summed E-state index contributed by atoms with van der Waals surface area (Å²) in [7, 11) is 0. The molecule has 0 saturated heterocycles. The average Bonchev–Trinajstić information content (AvgIpc) is 2.95. The van der Waals surface area contributed by atoms with Gasteiger partial charge in [-0.25, -0.2) is 4.79 Å². The summed E-state index contributed by atoms with van der Waals surface area (Å²) in [6, 6.07) is 15.3. The summed E-state index contributed by atoms with van der Waals surface area (Å²) < 4.78 is 10.9. The number of esters is 1. The van der Waals surface area contributed by atoms with E-state index in [1.165, 1.54) is 68.1 Å². The predicted octanol–water partition coefficient (Wildman–Crippen LogP) is 7.17. The third-order valence-electron chi connectivity index (χ3n) is 8.66. The summed E-state index contributed by atoms with van der Waals surface area (Å²) >= 11 is 0. The Bertz CT molecular complexity index is 995. The molecule has 0 bridgehead atoms. The normalized spacial score (nSPS) is 23.8. The molecule has 37 heavy (non-hydrogen) atoms. The molecule has 0 spiro atoms. The summed E-state index contributed by atoms with van der Waals surface area (Å²) in [6.45, 7) is 6.13. The molecule has 0 aromatic heterocycles. The third-order valence-corrected chi connectivity index (χ3v) is 8.66. The van der Waals surface area contributed by atoms with E-state index in [9.17, 15) is 4.79 Å². The maximum atomic E-state index is 11.5. The molecule has 0 unspecified atom stereocenters. The second-order valence-electron chi connectivity index (χ2n) is 11.2. The third kappa shape index (κ3) is 7.95. The van der Waals surface area contributed by atoms with Crippen molar-refractivity contribution in [2.75, 3.05) is 13.2 Å². The lowest BCUT2D eigenvalue weighted by atomic mass is 9.68. The van der Waals surface area contributed by atoms with Gasteiger partial charge in [-0.05, 0) is 104 Å². The van der Waals surface area contributed by atoms with E-state index < -0.39 is 5.97 Å². The molecule has 1 N–H and O–H groups in total. The molecule has 2 saturated carbocycles. The van der Waals surface area contributed by atoms with E-state index in [4.69, 9.17) is 14.6 Å². The molecule has 200 valence electrons. The number of carbonyl (C=O) groups excluding carboxylic acids is 1. The molecule has 2 aromatic carbocycles. The zero-order valence-corrected chi connectivity index (χ0v) is 22.5. The SMILES string of the molecule is C=CC(=O)OCc1cc(CCc2ccc(C3CCC(C4CCC(C)CC4)CC3)cc2)ccc1OCCO. The highest BCUT2D eigenvalue weighted by molar-refractivity contribution is 5.81. The van der Waals surface area contributed by atoms with Crippen molar-refractivity contribution >= 4 is 5.97 Å². The van der Waals surface area contributed by atoms with Crippen LogP contribution in [0.2, 0.25) is 0 Å². The number of rotatable bonds is 11. The van der Waals surface area contributed by atoms with Crippen LogP contribution in [-0.4, -0.2) is 24.3 Å². The van der Waals surface area contributed by atoms with Crippen molar-refractivity contribution in [2.24, 2.45) is 17.8 Å². The largest absolute Gasteiger partial charge is 0.491 e. The molecule has 0 amide bonds. The topological polar surface area (TPSA) is 55.8 Å². The first kappa shape index (κ1) is 27.4. The Morgan fingerprint density at radius 3 is 2.19 bits per heavy atom. The number of aliphatic hydroxyl groups excluding tert-OH is 1. The Morgan fingerprint density at radius 2 is 1.54 bits per heavy atom. The standard InChI is InChI=1S/C33H44O4/c1-3-33(35)37-23-31-22-26(10-19-32(31)36-21-20-34)7-6-25-8-13-28(14-9-25)30-17-15-29(16-18-30)27-11-4-24(2)5-12-27/h3,8-10,13-14,19,22,24,27,29-30,34H,1,4-7,11-12,15-18,20-21,23H2,2H3. The molecule has 2 aliphatic rings. The number of carbonyl (C=O) groups is 1. The first-order valence-corrected chi connectivity index (χ1v) is 14.3. The van der Waals surface area contributed by atoms with Crippen LogP contribution in [0, 0.1) is 17.8 Å². The highest BCUT2D eigenvalue weighted by Crippen LogP contribution is 2.43. The van der Waals surface area contributed by atoms with Gasteiger partial charge in [0.15, 0.2) is 0 Å². The highest BCUT2D eigenvalue weighted by Gasteiger charge is 2.30. The first-order chi connectivity index (χ1) is 18.1. The minimum Gasteiger partial charge on any atom is -0.491 e. The average molecular weight is 505 g/mol. The van der Waals surface area contributed by atoms with Gasteiger partial charge in [-0.2, -0.15) is 0 Å². The molecule has 0 aliphatic heterocycles. The quantitative estimate of drug-likeness (QED) is 0.260. The van der Waals surface area contributed by atoms with Crippen molar-refractivity contribution < 1.29 is 19.4 Å². The van der Waals surface area contributed by atoms with Crippen LogP contribution in [0.1, 0.15) is 86.5 Å².